The monoisotopic (exact) mass is 496 g/mol. The van der Waals surface area contributed by atoms with Gasteiger partial charge < -0.3 is 9.15 Å². The fourth-order valence-corrected chi connectivity index (χ4v) is 3.94. The molecule has 1 aliphatic heterocycles. The Labute approximate surface area is 222 Å². The highest BCUT2D eigenvalue weighted by molar-refractivity contribution is 5.95. The fourth-order valence-electron chi connectivity index (χ4n) is 3.94. The standard InChI is InChI=1S/C17H15NO.C9H7N.C8H6O/c1-3-7-14(8-4-1)11-12-16-13-19-17(18-16)15-9-5-2-6-10-15;1-2-6-9-8(4-1)5-3-7-10-9;1-2-4-8-7(3-1)5-6-9-8/h1-12,16H,13H2;1-7H;1-6H. The summed E-state index contributed by atoms with van der Waals surface area (Å²) in [6, 6.07) is 42.3. The molecule has 4 heteroatoms. The Morgan fingerprint density at radius 3 is 2.13 bits per heavy atom. The van der Waals surface area contributed by atoms with E-state index in [2.05, 4.69) is 46.4 Å². The predicted octanol–water partition coefficient (Wildman–Crippen LogP) is 8.21. The number of rotatable bonds is 3. The number of benzene rings is 4. The summed E-state index contributed by atoms with van der Waals surface area (Å²) in [5.41, 5.74) is 4.24. The number of pyridine rings is 1. The van der Waals surface area contributed by atoms with Crippen molar-refractivity contribution in [1.29, 1.82) is 0 Å². The topological polar surface area (TPSA) is 47.6 Å². The van der Waals surface area contributed by atoms with Gasteiger partial charge in [-0.15, -0.1) is 0 Å². The van der Waals surface area contributed by atoms with Crippen LogP contribution in [0.4, 0.5) is 0 Å². The van der Waals surface area contributed by atoms with Gasteiger partial charge in [-0.1, -0.05) is 103 Å². The second-order valence-corrected chi connectivity index (χ2v) is 8.60. The van der Waals surface area contributed by atoms with Crippen molar-refractivity contribution in [3.05, 3.63) is 157 Å². The van der Waals surface area contributed by atoms with Crippen LogP contribution in [0.15, 0.2) is 155 Å². The Bertz CT molecular complexity index is 1530. The number of furan rings is 1. The average molecular weight is 497 g/mol. The van der Waals surface area contributed by atoms with Gasteiger partial charge in [0, 0.05) is 22.5 Å². The first kappa shape index (κ1) is 24.7. The molecule has 186 valence electrons. The highest BCUT2D eigenvalue weighted by Crippen LogP contribution is 2.14. The molecule has 0 fully saturated rings. The van der Waals surface area contributed by atoms with E-state index in [1.165, 1.54) is 10.9 Å². The summed E-state index contributed by atoms with van der Waals surface area (Å²) >= 11 is 0. The molecule has 0 spiro atoms. The second kappa shape index (κ2) is 12.8. The maximum absolute atomic E-state index is 5.64. The predicted molar refractivity (Wildman–Crippen MR) is 156 cm³/mol. The Morgan fingerprint density at radius 2 is 1.34 bits per heavy atom. The van der Waals surface area contributed by atoms with E-state index in [-0.39, 0.29) is 6.04 Å². The van der Waals surface area contributed by atoms with Crippen LogP contribution < -0.4 is 0 Å². The molecule has 2 aromatic heterocycles. The SMILES string of the molecule is C(=CC1COC(c2ccccc2)=N1)c1ccccc1.c1ccc2ncccc2c1.c1ccc2occc2c1. The molecule has 7 rings (SSSR count). The Morgan fingerprint density at radius 1 is 0.658 bits per heavy atom. The molecular formula is C34H28N2O2. The number of hydrogen-bond donors (Lipinski definition) is 0. The molecule has 0 saturated carbocycles. The maximum atomic E-state index is 5.64. The lowest BCUT2D eigenvalue weighted by Gasteiger charge is -1.99. The van der Waals surface area contributed by atoms with E-state index in [9.17, 15) is 0 Å². The first-order chi connectivity index (χ1) is 18.8. The van der Waals surface area contributed by atoms with Crippen LogP contribution in [0.1, 0.15) is 11.1 Å². The number of hydrogen-bond acceptors (Lipinski definition) is 4. The van der Waals surface area contributed by atoms with Gasteiger partial charge in [0.25, 0.3) is 0 Å². The lowest BCUT2D eigenvalue weighted by Crippen LogP contribution is -2.02. The van der Waals surface area contributed by atoms with Gasteiger partial charge in [0.05, 0.1) is 11.8 Å². The highest BCUT2D eigenvalue weighted by atomic mass is 16.5. The summed E-state index contributed by atoms with van der Waals surface area (Å²) in [5, 5.41) is 2.36. The third-order valence-corrected chi connectivity index (χ3v) is 5.88. The molecule has 0 amide bonds. The average Bonchev–Trinajstić information content (AvgIpc) is 3.68. The molecule has 3 heterocycles. The van der Waals surface area contributed by atoms with Crippen molar-refractivity contribution in [1.82, 2.24) is 4.98 Å². The fraction of sp³-hybridized carbons (Fsp3) is 0.0588. The van der Waals surface area contributed by atoms with Crippen LogP contribution in [0.3, 0.4) is 0 Å². The van der Waals surface area contributed by atoms with E-state index >= 15 is 0 Å². The lowest BCUT2D eigenvalue weighted by molar-refractivity contribution is 0.332. The first-order valence-corrected chi connectivity index (χ1v) is 12.6. The molecule has 0 saturated heterocycles. The molecule has 0 bridgehead atoms. The molecule has 6 aromatic rings. The zero-order valence-electron chi connectivity index (χ0n) is 20.9. The maximum Gasteiger partial charge on any atom is 0.216 e. The van der Waals surface area contributed by atoms with Crippen LogP contribution in [0.25, 0.3) is 27.9 Å². The molecule has 0 N–H and O–H groups in total. The summed E-state index contributed by atoms with van der Waals surface area (Å²) in [4.78, 5) is 8.76. The van der Waals surface area contributed by atoms with Gasteiger partial charge in [0.15, 0.2) is 0 Å². The molecule has 4 nitrogen and oxygen atoms in total. The number of aromatic nitrogens is 1. The van der Waals surface area contributed by atoms with Gasteiger partial charge >= 0.3 is 0 Å². The minimum Gasteiger partial charge on any atom is -0.475 e. The van der Waals surface area contributed by atoms with Crippen LogP contribution in [-0.4, -0.2) is 23.5 Å². The summed E-state index contributed by atoms with van der Waals surface area (Å²) in [6.07, 6.45) is 7.68. The van der Waals surface area contributed by atoms with Gasteiger partial charge in [0.1, 0.15) is 18.2 Å². The summed E-state index contributed by atoms with van der Waals surface area (Å²) < 4.78 is 10.8. The van der Waals surface area contributed by atoms with Crippen LogP contribution in [0, 0.1) is 0 Å². The minimum atomic E-state index is 0.107. The minimum absolute atomic E-state index is 0.107. The largest absolute Gasteiger partial charge is 0.475 e. The van der Waals surface area contributed by atoms with Gasteiger partial charge in [-0.2, -0.15) is 0 Å². The molecule has 1 unspecified atom stereocenters. The number of para-hydroxylation sites is 2. The highest BCUT2D eigenvalue weighted by Gasteiger charge is 2.17. The molecule has 1 atom stereocenters. The van der Waals surface area contributed by atoms with Crippen molar-refractivity contribution in [2.75, 3.05) is 6.61 Å². The van der Waals surface area contributed by atoms with E-state index in [4.69, 9.17) is 9.15 Å². The third kappa shape index (κ3) is 6.83. The lowest BCUT2D eigenvalue weighted by atomic mass is 10.2. The Hall–Kier alpha value is -4.96. The summed E-state index contributed by atoms with van der Waals surface area (Å²) in [7, 11) is 0. The third-order valence-electron chi connectivity index (χ3n) is 5.88. The van der Waals surface area contributed by atoms with E-state index in [1.54, 1.807) is 6.26 Å². The van der Waals surface area contributed by atoms with E-state index < -0.39 is 0 Å². The summed E-state index contributed by atoms with van der Waals surface area (Å²) in [5.74, 6) is 0.739. The molecule has 38 heavy (non-hydrogen) atoms. The quantitative estimate of drug-likeness (QED) is 0.248. The molecule has 1 aliphatic rings. The van der Waals surface area contributed by atoms with Crippen LogP contribution >= 0.6 is 0 Å². The van der Waals surface area contributed by atoms with E-state index in [1.807, 2.05) is 109 Å². The van der Waals surface area contributed by atoms with Gasteiger partial charge in [-0.05, 0) is 42.0 Å². The number of nitrogens with zero attached hydrogens (tertiary/aromatic N) is 2. The number of aliphatic imine (C=N–C) groups is 1. The van der Waals surface area contributed by atoms with E-state index in [0.717, 1.165) is 27.9 Å². The zero-order valence-corrected chi connectivity index (χ0v) is 20.9. The van der Waals surface area contributed by atoms with Crippen molar-refractivity contribution in [3.8, 4) is 0 Å². The molecule has 0 radical (unpaired) electrons. The number of fused-ring (bicyclic) bond motifs is 2. The van der Waals surface area contributed by atoms with Crippen LogP contribution in [-0.2, 0) is 4.74 Å². The first-order valence-electron chi connectivity index (χ1n) is 12.6. The second-order valence-electron chi connectivity index (χ2n) is 8.60. The zero-order chi connectivity index (χ0) is 25.8. The molecular weight excluding hydrogens is 468 g/mol. The Kier molecular flexibility index (Phi) is 8.35. The normalized spacial score (nSPS) is 14.2. The molecule has 0 aliphatic carbocycles. The van der Waals surface area contributed by atoms with Crippen molar-refractivity contribution in [2.24, 2.45) is 4.99 Å². The summed E-state index contributed by atoms with van der Waals surface area (Å²) in [6.45, 7) is 0.619. The van der Waals surface area contributed by atoms with Gasteiger partial charge in [-0.3, -0.25) is 4.98 Å². The molecule has 4 aromatic carbocycles. The smallest absolute Gasteiger partial charge is 0.216 e. The van der Waals surface area contributed by atoms with Crippen LogP contribution in [0.5, 0.6) is 0 Å². The van der Waals surface area contributed by atoms with Crippen molar-refractivity contribution < 1.29 is 9.15 Å². The van der Waals surface area contributed by atoms with E-state index in [0.29, 0.717) is 6.61 Å². The number of ether oxygens (including phenoxy) is 1. The van der Waals surface area contributed by atoms with Crippen molar-refractivity contribution in [2.45, 2.75) is 6.04 Å². The van der Waals surface area contributed by atoms with Gasteiger partial charge in [-0.25, -0.2) is 4.99 Å². The van der Waals surface area contributed by atoms with Crippen LogP contribution in [0.2, 0.25) is 0 Å². The van der Waals surface area contributed by atoms with Crippen molar-refractivity contribution in [3.63, 3.8) is 0 Å². The van der Waals surface area contributed by atoms with Crippen molar-refractivity contribution >= 4 is 33.8 Å². The Balaban J connectivity index is 0.000000129. The van der Waals surface area contributed by atoms with Gasteiger partial charge in [0.2, 0.25) is 5.90 Å².